The number of unbranched alkanes of at least 4 members (excludes halogenated alkanes) is 14. The molecular weight excluding hydrogens is 576 g/mol. The quantitative estimate of drug-likeness (QED) is 0.0889. The summed E-state index contributed by atoms with van der Waals surface area (Å²) in [6.07, 6.45) is 22.3. The fourth-order valence-electron chi connectivity index (χ4n) is 3.90. The highest BCUT2D eigenvalue weighted by molar-refractivity contribution is 5.77. The van der Waals surface area contributed by atoms with Gasteiger partial charge in [0.2, 0.25) is 0 Å². The molecule has 0 amide bonds. The van der Waals surface area contributed by atoms with Gasteiger partial charge in [0.15, 0.2) is 0 Å². The Balaban J connectivity index is -0.000000254. The summed E-state index contributed by atoms with van der Waals surface area (Å²) in [4.78, 5) is 20.1. The van der Waals surface area contributed by atoms with Crippen molar-refractivity contribution >= 4 is 11.9 Å². The second-order valence-electron chi connectivity index (χ2n) is 10.9. The minimum Gasteiger partial charge on any atom is -0.550 e. The van der Waals surface area contributed by atoms with Crippen molar-refractivity contribution in [3.05, 3.63) is 12.2 Å². The first-order valence-electron chi connectivity index (χ1n) is 17.5. The molecule has 0 saturated heterocycles. The van der Waals surface area contributed by atoms with E-state index in [1.165, 1.54) is 77.0 Å². The predicted molar refractivity (Wildman–Crippen MR) is 180 cm³/mol. The fourth-order valence-corrected chi connectivity index (χ4v) is 3.90. The fraction of sp³-hybridized carbons (Fsp3) is 0.886. The third-order valence-electron chi connectivity index (χ3n) is 6.57. The van der Waals surface area contributed by atoms with Crippen LogP contribution in [-0.4, -0.2) is 93.0 Å². The van der Waals surface area contributed by atoms with E-state index in [0.29, 0.717) is 0 Å². The average molecular weight is 651 g/mol. The largest absolute Gasteiger partial charge is 0.550 e. The number of nitrogens with two attached hydrogens (primary N) is 2. The van der Waals surface area contributed by atoms with Crippen LogP contribution in [0.1, 0.15) is 123 Å². The van der Waals surface area contributed by atoms with Crippen molar-refractivity contribution in [1.82, 2.24) is 0 Å². The third kappa shape index (κ3) is 70.2. The topological polar surface area (TPSA) is 150 Å². The molecule has 0 aromatic heterocycles. The number of carbonyl (C=O) groups excluding carboxylic acids is 2. The molecular formula is C35H74N2O8. The summed E-state index contributed by atoms with van der Waals surface area (Å²) < 4.78 is 19.4. The van der Waals surface area contributed by atoms with E-state index in [1.807, 2.05) is 0 Å². The predicted octanol–water partition coefficient (Wildman–Crippen LogP) is 2.39. The number of hydrogen-bond acceptors (Lipinski definition) is 8. The zero-order valence-electron chi connectivity index (χ0n) is 30.3. The van der Waals surface area contributed by atoms with Crippen LogP contribution in [0.15, 0.2) is 12.2 Å². The van der Waals surface area contributed by atoms with Gasteiger partial charge in [0.05, 0.1) is 58.6 Å². The maximum absolute atomic E-state index is 10.1. The monoisotopic (exact) mass is 651 g/mol. The summed E-state index contributed by atoms with van der Waals surface area (Å²) in [5.41, 5.74) is 0. The number of quaternary nitrogens is 2. The molecule has 272 valence electrons. The molecule has 10 nitrogen and oxygen atoms in total. The minimum atomic E-state index is -1.09. The molecule has 0 saturated carbocycles. The van der Waals surface area contributed by atoms with Crippen LogP contribution in [0.3, 0.4) is 0 Å². The Kier molecular flexibility index (Phi) is 58.1. The highest BCUT2D eigenvalue weighted by Gasteiger charge is 1.92. The van der Waals surface area contributed by atoms with Crippen LogP contribution < -0.4 is 20.8 Å². The van der Waals surface area contributed by atoms with Gasteiger partial charge in [-0.05, 0) is 31.8 Å². The van der Waals surface area contributed by atoms with Crippen LogP contribution in [0.2, 0.25) is 0 Å². The first-order chi connectivity index (χ1) is 21.9. The maximum Gasteiger partial charge on any atom is 0.0993 e. The summed E-state index contributed by atoms with van der Waals surface area (Å²) in [7, 11) is 6.85. The number of aliphatic carboxylic acids is 2. The van der Waals surface area contributed by atoms with E-state index >= 15 is 0 Å². The van der Waals surface area contributed by atoms with Crippen LogP contribution in [-0.2, 0) is 28.5 Å². The van der Waals surface area contributed by atoms with Gasteiger partial charge < -0.3 is 49.4 Å². The van der Waals surface area contributed by atoms with E-state index in [4.69, 9.17) is 18.9 Å². The van der Waals surface area contributed by atoms with Crippen molar-refractivity contribution < 1.29 is 49.4 Å². The molecule has 45 heavy (non-hydrogen) atoms. The zero-order chi connectivity index (χ0) is 34.5. The molecule has 0 aliphatic carbocycles. The standard InChI is InChI=1S/C12H24O2.C11H20O2.2C6H15NO2/c1-2-3-4-5-6-7-8-9-10-11-12(13)14;1-2-3-4-5-6-7-8-9-10-11(12)13;2*1-8-5-3-7-4-6-9-2/h2-11H2,1H3,(H,13,14);9-10H,2-8H2,1H3,(H,12,13);2*7H,3-6H2,1-2H3. The lowest BCUT2D eigenvalue weighted by atomic mass is 10.1. The number of carbonyl (C=O) groups is 2. The molecule has 0 bridgehead atoms. The Labute approximate surface area is 277 Å². The highest BCUT2D eigenvalue weighted by Crippen LogP contribution is 2.10. The van der Waals surface area contributed by atoms with E-state index in [1.54, 1.807) is 34.5 Å². The van der Waals surface area contributed by atoms with Crippen molar-refractivity contribution in [1.29, 1.82) is 0 Å². The molecule has 0 fully saturated rings. The van der Waals surface area contributed by atoms with E-state index in [9.17, 15) is 19.8 Å². The highest BCUT2D eigenvalue weighted by atomic mass is 16.5. The Hall–Kier alpha value is -1.56. The first-order valence-corrected chi connectivity index (χ1v) is 17.5. The molecule has 0 spiro atoms. The number of ether oxygens (including phenoxy) is 4. The molecule has 0 aromatic carbocycles. The van der Waals surface area contributed by atoms with E-state index in [-0.39, 0.29) is 6.42 Å². The maximum atomic E-state index is 10.1. The number of hydrogen-bond donors (Lipinski definition) is 2. The molecule has 0 aromatic rings. The van der Waals surface area contributed by atoms with Gasteiger partial charge in [0, 0.05) is 34.4 Å². The second-order valence-corrected chi connectivity index (χ2v) is 10.9. The zero-order valence-corrected chi connectivity index (χ0v) is 30.3. The molecule has 0 heterocycles. The van der Waals surface area contributed by atoms with Gasteiger partial charge in [-0.1, -0.05) is 103 Å². The number of carboxylic acids is 2. The summed E-state index contributed by atoms with van der Waals surface area (Å²) >= 11 is 0. The second kappa shape index (κ2) is 52.0. The van der Waals surface area contributed by atoms with E-state index in [0.717, 1.165) is 84.4 Å². The Morgan fingerprint density at radius 1 is 0.533 bits per heavy atom. The van der Waals surface area contributed by atoms with Gasteiger partial charge in [-0.2, -0.15) is 0 Å². The van der Waals surface area contributed by atoms with Gasteiger partial charge in [-0.25, -0.2) is 0 Å². The van der Waals surface area contributed by atoms with Crippen molar-refractivity contribution in [2.75, 3.05) is 81.0 Å². The Morgan fingerprint density at radius 2 is 0.867 bits per heavy atom. The summed E-state index contributed by atoms with van der Waals surface area (Å²) in [5.74, 6) is -2.00. The lowest BCUT2D eigenvalue weighted by molar-refractivity contribution is -0.657. The lowest BCUT2D eigenvalue weighted by Gasteiger charge is -2.02. The lowest BCUT2D eigenvalue weighted by Crippen LogP contribution is -2.86. The minimum absolute atomic E-state index is 0.232. The average Bonchev–Trinajstić information content (AvgIpc) is 3.02. The molecule has 0 radical (unpaired) electrons. The molecule has 10 heteroatoms. The van der Waals surface area contributed by atoms with Gasteiger partial charge in [-0.15, -0.1) is 0 Å². The molecule has 0 atom stereocenters. The molecule has 0 aliphatic heterocycles. The normalized spacial score (nSPS) is 10.4. The molecule has 0 unspecified atom stereocenters. The van der Waals surface area contributed by atoms with Crippen molar-refractivity contribution in [2.45, 2.75) is 123 Å². The van der Waals surface area contributed by atoms with Crippen LogP contribution in [0.25, 0.3) is 0 Å². The molecule has 0 aliphatic rings. The summed E-state index contributed by atoms with van der Waals surface area (Å²) in [6, 6.07) is 0. The van der Waals surface area contributed by atoms with Gasteiger partial charge >= 0.3 is 0 Å². The van der Waals surface area contributed by atoms with Crippen LogP contribution in [0.4, 0.5) is 0 Å². The summed E-state index contributed by atoms with van der Waals surface area (Å²) in [5, 5.41) is 24.4. The van der Waals surface area contributed by atoms with Crippen molar-refractivity contribution in [3.8, 4) is 0 Å². The summed E-state index contributed by atoms with van der Waals surface area (Å²) in [6.45, 7) is 11.8. The number of carboxylic acid groups (broad SMARTS) is 2. The Bertz CT molecular complexity index is 540. The Morgan fingerprint density at radius 3 is 1.18 bits per heavy atom. The third-order valence-corrected chi connectivity index (χ3v) is 6.57. The van der Waals surface area contributed by atoms with Gasteiger partial charge in [0.1, 0.15) is 0 Å². The van der Waals surface area contributed by atoms with E-state index < -0.39 is 11.9 Å². The van der Waals surface area contributed by atoms with Gasteiger partial charge in [-0.3, -0.25) is 0 Å². The van der Waals surface area contributed by atoms with Gasteiger partial charge in [0.25, 0.3) is 0 Å². The van der Waals surface area contributed by atoms with Crippen LogP contribution in [0, 0.1) is 0 Å². The SMILES string of the molecule is CCCCCCCCC=CC(=O)[O-].CCCCCCCCCCCC(=O)[O-].COCC[NH2+]CCOC.COCC[NH2+]CCOC. The van der Waals surface area contributed by atoms with Crippen molar-refractivity contribution in [3.63, 3.8) is 0 Å². The first kappa shape index (κ1) is 50.3. The molecule has 0 rings (SSSR count). The van der Waals surface area contributed by atoms with Crippen molar-refractivity contribution in [2.24, 2.45) is 0 Å². The van der Waals surface area contributed by atoms with Crippen LogP contribution >= 0.6 is 0 Å². The number of rotatable bonds is 30. The van der Waals surface area contributed by atoms with Crippen LogP contribution in [0.5, 0.6) is 0 Å². The van der Waals surface area contributed by atoms with E-state index in [2.05, 4.69) is 24.5 Å². The number of methoxy groups -OCH3 is 4. The number of allylic oxidation sites excluding steroid dienone is 1. The smallest absolute Gasteiger partial charge is 0.0993 e. The molecule has 4 N–H and O–H groups in total.